The van der Waals surface area contributed by atoms with E-state index < -0.39 is 0 Å². The van der Waals surface area contributed by atoms with Crippen LogP contribution in [0.1, 0.15) is 37.8 Å². The zero-order chi connectivity index (χ0) is 13.5. The van der Waals surface area contributed by atoms with Crippen LogP contribution in [0, 0.1) is 11.7 Å². The molecule has 0 aromatic heterocycles. The minimum atomic E-state index is -0.279. The molecule has 1 aromatic rings. The Morgan fingerprint density at radius 1 is 1.50 bits per heavy atom. The van der Waals surface area contributed by atoms with Crippen LogP contribution < -0.4 is 5.73 Å². The van der Waals surface area contributed by atoms with Gasteiger partial charge in [0.1, 0.15) is 10.8 Å². The Labute approximate surface area is 113 Å². The van der Waals surface area contributed by atoms with Gasteiger partial charge in [0.05, 0.1) is 6.61 Å². The molecule has 2 N–H and O–H groups in total. The summed E-state index contributed by atoms with van der Waals surface area (Å²) in [6, 6.07) is 4.62. The number of thiocarbonyl (C=S) groups is 1. The van der Waals surface area contributed by atoms with Crippen molar-refractivity contribution in [2.24, 2.45) is 11.7 Å². The lowest BCUT2D eigenvalue weighted by Gasteiger charge is -2.11. The first kappa shape index (κ1) is 15.1. The Morgan fingerprint density at radius 2 is 2.22 bits per heavy atom. The van der Waals surface area contributed by atoms with Crippen molar-refractivity contribution in [2.75, 3.05) is 6.61 Å². The Hall–Kier alpha value is -1.00. The second-order valence-electron chi connectivity index (χ2n) is 4.58. The van der Waals surface area contributed by atoms with Gasteiger partial charge in [0.25, 0.3) is 0 Å². The highest BCUT2D eigenvalue weighted by molar-refractivity contribution is 7.80. The Bertz CT molecular complexity index is 409. The minimum absolute atomic E-state index is 0.260. The first-order valence-corrected chi connectivity index (χ1v) is 6.61. The molecule has 18 heavy (non-hydrogen) atoms. The average molecular weight is 269 g/mol. The highest BCUT2D eigenvalue weighted by Gasteiger charge is 2.07. The van der Waals surface area contributed by atoms with Gasteiger partial charge in [-0.25, -0.2) is 4.39 Å². The first-order chi connectivity index (χ1) is 8.54. The first-order valence-electron chi connectivity index (χ1n) is 6.20. The van der Waals surface area contributed by atoms with Gasteiger partial charge in [-0.2, -0.15) is 0 Å². The van der Waals surface area contributed by atoms with Crippen LogP contribution in [-0.4, -0.2) is 11.6 Å². The Morgan fingerprint density at radius 3 is 2.83 bits per heavy atom. The van der Waals surface area contributed by atoms with Crippen LogP contribution in [0.2, 0.25) is 0 Å². The fraction of sp³-hybridized carbons (Fsp3) is 0.500. The molecule has 0 saturated carbocycles. The van der Waals surface area contributed by atoms with Crippen molar-refractivity contribution in [2.45, 2.75) is 33.3 Å². The molecule has 1 unspecified atom stereocenters. The van der Waals surface area contributed by atoms with E-state index in [4.69, 9.17) is 22.7 Å². The van der Waals surface area contributed by atoms with Gasteiger partial charge in [0.2, 0.25) is 0 Å². The van der Waals surface area contributed by atoms with E-state index in [0.717, 1.165) is 12.8 Å². The summed E-state index contributed by atoms with van der Waals surface area (Å²) in [5, 5.41) is 0. The SMILES string of the molecule is CCCC(C)COCc1cc(C(N)=S)ccc1F. The molecule has 0 bridgehead atoms. The van der Waals surface area contributed by atoms with Crippen LogP contribution in [0.15, 0.2) is 18.2 Å². The second kappa shape index (κ2) is 7.44. The number of ether oxygens (including phenoxy) is 1. The third-order valence-electron chi connectivity index (χ3n) is 2.77. The molecule has 0 aliphatic rings. The molecule has 4 heteroatoms. The summed E-state index contributed by atoms with van der Waals surface area (Å²) >= 11 is 4.87. The standard InChI is InChI=1S/C14H20FNOS/c1-3-4-10(2)8-17-9-12-7-11(14(16)18)5-6-13(12)15/h5-7,10H,3-4,8-9H2,1-2H3,(H2,16,18). The molecule has 0 aliphatic carbocycles. The van der Waals surface area contributed by atoms with Crippen LogP contribution in [0.4, 0.5) is 4.39 Å². The van der Waals surface area contributed by atoms with Gasteiger partial charge in [0, 0.05) is 17.7 Å². The number of hydrogen-bond donors (Lipinski definition) is 1. The summed E-state index contributed by atoms with van der Waals surface area (Å²) in [5.74, 6) is 0.218. The van der Waals surface area contributed by atoms with E-state index in [9.17, 15) is 4.39 Å². The van der Waals surface area contributed by atoms with Gasteiger partial charge in [0.15, 0.2) is 0 Å². The number of rotatable bonds is 7. The monoisotopic (exact) mass is 269 g/mol. The summed E-state index contributed by atoms with van der Waals surface area (Å²) in [5.41, 5.74) is 6.69. The van der Waals surface area contributed by atoms with E-state index in [1.165, 1.54) is 6.07 Å². The lowest BCUT2D eigenvalue weighted by atomic mass is 10.1. The zero-order valence-electron chi connectivity index (χ0n) is 10.9. The molecule has 2 nitrogen and oxygen atoms in total. The number of hydrogen-bond acceptors (Lipinski definition) is 2. The van der Waals surface area contributed by atoms with Crippen molar-refractivity contribution in [1.29, 1.82) is 0 Å². The van der Waals surface area contributed by atoms with Crippen LogP contribution in [0.3, 0.4) is 0 Å². The Kier molecular flexibility index (Phi) is 6.22. The summed E-state index contributed by atoms with van der Waals surface area (Å²) in [6.07, 6.45) is 2.26. The lowest BCUT2D eigenvalue weighted by Crippen LogP contribution is -2.11. The van der Waals surface area contributed by atoms with Gasteiger partial charge in [-0.3, -0.25) is 0 Å². The summed E-state index contributed by atoms with van der Waals surface area (Å²) in [6.45, 7) is 5.17. The van der Waals surface area contributed by atoms with Crippen molar-refractivity contribution in [3.05, 3.63) is 35.1 Å². The van der Waals surface area contributed by atoms with Crippen molar-refractivity contribution in [3.63, 3.8) is 0 Å². The predicted octanol–water partition coefficient (Wildman–Crippen LogP) is 3.41. The van der Waals surface area contributed by atoms with E-state index in [1.54, 1.807) is 12.1 Å². The quantitative estimate of drug-likeness (QED) is 0.770. The highest BCUT2D eigenvalue weighted by Crippen LogP contribution is 2.13. The Balaban J connectivity index is 2.56. The molecular weight excluding hydrogens is 249 g/mol. The minimum Gasteiger partial charge on any atom is -0.389 e. The van der Waals surface area contributed by atoms with E-state index in [0.29, 0.717) is 23.7 Å². The van der Waals surface area contributed by atoms with E-state index >= 15 is 0 Å². The molecule has 0 heterocycles. The van der Waals surface area contributed by atoms with Gasteiger partial charge in [-0.15, -0.1) is 0 Å². The average Bonchev–Trinajstić information content (AvgIpc) is 2.31. The van der Waals surface area contributed by atoms with Gasteiger partial charge in [-0.05, 0) is 30.5 Å². The van der Waals surface area contributed by atoms with E-state index in [2.05, 4.69) is 13.8 Å². The number of nitrogens with two attached hydrogens (primary N) is 1. The number of halogens is 1. The van der Waals surface area contributed by atoms with E-state index in [-0.39, 0.29) is 17.4 Å². The number of benzene rings is 1. The normalized spacial score (nSPS) is 12.4. The van der Waals surface area contributed by atoms with Crippen LogP contribution in [-0.2, 0) is 11.3 Å². The molecule has 100 valence electrons. The van der Waals surface area contributed by atoms with Gasteiger partial charge >= 0.3 is 0 Å². The predicted molar refractivity (Wildman–Crippen MR) is 76.0 cm³/mol. The third-order valence-corrected chi connectivity index (χ3v) is 3.01. The van der Waals surface area contributed by atoms with Gasteiger partial charge < -0.3 is 10.5 Å². The van der Waals surface area contributed by atoms with Crippen molar-refractivity contribution in [1.82, 2.24) is 0 Å². The second-order valence-corrected chi connectivity index (χ2v) is 5.02. The summed E-state index contributed by atoms with van der Waals surface area (Å²) in [4.78, 5) is 0.274. The smallest absolute Gasteiger partial charge is 0.128 e. The third kappa shape index (κ3) is 4.70. The maximum atomic E-state index is 13.5. The van der Waals surface area contributed by atoms with Crippen molar-refractivity contribution in [3.8, 4) is 0 Å². The fourth-order valence-electron chi connectivity index (χ4n) is 1.78. The molecule has 0 aliphatic heterocycles. The molecule has 1 rings (SSSR count). The van der Waals surface area contributed by atoms with Crippen LogP contribution in [0.5, 0.6) is 0 Å². The molecular formula is C14H20FNOS. The fourth-order valence-corrected chi connectivity index (χ4v) is 1.91. The highest BCUT2D eigenvalue weighted by atomic mass is 32.1. The molecule has 1 aromatic carbocycles. The maximum Gasteiger partial charge on any atom is 0.128 e. The lowest BCUT2D eigenvalue weighted by molar-refractivity contribution is 0.0874. The molecule has 1 atom stereocenters. The molecule has 0 spiro atoms. The molecule has 0 amide bonds. The van der Waals surface area contributed by atoms with Crippen LogP contribution in [0.25, 0.3) is 0 Å². The van der Waals surface area contributed by atoms with Crippen molar-refractivity contribution < 1.29 is 9.13 Å². The van der Waals surface area contributed by atoms with Crippen LogP contribution >= 0.6 is 12.2 Å². The molecule has 0 fully saturated rings. The van der Waals surface area contributed by atoms with E-state index in [1.807, 2.05) is 0 Å². The molecule has 0 radical (unpaired) electrons. The summed E-state index contributed by atoms with van der Waals surface area (Å²) in [7, 11) is 0. The largest absolute Gasteiger partial charge is 0.389 e. The van der Waals surface area contributed by atoms with Gasteiger partial charge in [-0.1, -0.05) is 32.5 Å². The topological polar surface area (TPSA) is 35.2 Å². The van der Waals surface area contributed by atoms with Crippen molar-refractivity contribution >= 4 is 17.2 Å². The maximum absolute atomic E-state index is 13.5. The molecule has 0 saturated heterocycles. The zero-order valence-corrected chi connectivity index (χ0v) is 11.7. The summed E-state index contributed by atoms with van der Waals surface area (Å²) < 4.78 is 19.1.